The number of halogens is 3. The second-order valence-electron chi connectivity index (χ2n) is 4.70. The monoisotopic (exact) mass is 254 g/mol. The summed E-state index contributed by atoms with van der Waals surface area (Å²) in [6.45, 7) is 0. The van der Waals surface area contributed by atoms with Gasteiger partial charge in [0.05, 0.1) is 0 Å². The van der Waals surface area contributed by atoms with Crippen molar-refractivity contribution in [3.8, 4) is 0 Å². The third-order valence-electron chi connectivity index (χ3n) is 3.44. The van der Waals surface area contributed by atoms with Crippen LogP contribution in [0.1, 0.15) is 38.5 Å². The predicted octanol–water partition coefficient (Wildman–Crippen LogP) is 2.58. The number of aliphatic hydroxyl groups is 1. The number of hydrogen-bond donors (Lipinski definition) is 2. The standard InChI is InChI=1S/C11H17F3O3/c12-11(13,14)10(17)8-4-1-7(2-5-8)3-6-9(15)16/h7-8,10,17H,1-6H2,(H,15,16). The van der Waals surface area contributed by atoms with Gasteiger partial charge in [0.15, 0.2) is 6.10 Å². The van der Waals surface area contributed by atoms with Gasteiger partial charge in [-0.05, 0) is 31.1 Å². The van der Waals surface area contributed by atoms with E-state index in [0.29, 0.717) is 32.1 Å². The van der Waals surface area contributed by atoms with Crippen LogP contribution in [0.4, 0.5) is 13.2 Å². The van der Waals surface area contributed by atoms with Crippen molar-refractivity contribution in [3.63, 3.8) is 0 Å². The average molecular weight is 254 g/mol. The molecule has 0 amide bonds. The smallest absolute Gasteiger partial charge is 0.414 e. The van der Waals surface area contributed by atoms with E-state index in [4.69, 9.17) is 10.2 Å². The van der Waals surface area contributed by atoms with Gasteiger partial charge in [-0.25, -0.2) is 0 Å². The summed E-state index contributed by atoms with van der Waals surface area (Å²) in [5, 5.41) is 17.6. The molecule has 0 bridgehead atoms. The maximum absolute atomic E-state index is 12.3. The quantitative estimate of drug-likeness (QED) is 0.810. The van der Waals surface area contributed by atoms with Crippen LogP contribution in [-0.4, -0.2) is 28.5 Å². The Hall–Kier alpha value is -0.780. The van der Waals surface area contributed by atoms with E-state index in [-0.39, 0.29) is 12.3 Å². The van der Waals surface area contributed by atoms with Crippen molar-refractivity contribution in [1.82, 2.24) is 0 Å². The molecule has 0 aliphatic heterocycles. The number of carboxylic acid groups (broad SMARTS) is 1. The highest BCUT2D eigenvalue weighted by atomic mass is 19.4. The van der Waals surface area contributed by atoms with E-state index in [2.05, 4.69) is 0 Å². The van der Waals surface area contributed by atoms with E-state index in [0.717, 1.165) is 0 Å². The average Bonchev–Trinajstić information content (AvgIpc) is 2.25. The van der Waals surface area contributed by atoms with Crippen LogP contribution in [0.25, 0.3) is 0 Å². The van der Waals surface area contributed by atoms with Crippen LogP contribution >= 0.6 is 0 Å². The van der Waals surface area contributed by atoms with Crippen LogP contribution in [0.15, 0.2) is 0 Å². The van der Waals surface area contributed by atoms with Crippen LogP contribution in [0, 0.1) is 11.8 Å². The van der Waals surface area contributed by atoms with Crippen LogP contribution < -0.4 is 0 Å². The summed E-state index contributed by atoms with van der Waals surface area (Å²) in [5.74, 6) is -1.42. The highest BCUT2D eigenvalue weighted by Crippen LogP contribution is 2.37. The van der Waals surface area contributed by atoms with Gasteiger partial charge in [-0.3, -0.25) is 4.79 Å². The van der Waals surface area contributed by atoms with Crippen molar-refractivity contribution in [3.05, 3.63) is 0 Å². The van der Waals surface area contributed by atoms with Crippen LogP contribution in [0.2, 0.25) is 0 Å². The Morgan fingerprint density at radius 3 is 2.18 bits per heavy atom. The lowest BCUT2D eigenvalue weighted by atomic mass is 9.77. The minimum absolute atomic E-state index is 0.0666. The SMILES string of the molecule is O=C(O)CCC1CCC(C(O)C(F)(F)F)CC1. The molecule has 1 aliphatic rings. The molecule has 1 atom stereocenters. The largest absolute Gasteiger partial charge is 0.481 e. The minimum Gasteiger partial charge on any atom is -0.481 e. The van der Waals surface area contributed by atoms with E-state index >= 15 is 0 Å². The zero-order valence-electron chi connectivity index (χ0n) is 9.41. The Morgan fingerprint density at radius 1 is 1.24 bits per heavy atom. The summed E-state index contributed by atoms with van der Waals surface area (Å²) >= 11 is 0. The van der Waals surface area contributed by atoms with E-state index in [1.807, 2.05) is 0 Å². The van der Waals surface area contributed by atoms with Gasteiger partial charge in [0.2, 0.25) is 0 Å². The van der Waals surface area contributed by atoms with E-state index < -0.39 is 24.2 Å². The molecule has 0 heterocycles. The molecule has 0 aromatic heterocycles. The number of carboxylic acids is 1. The molecule has 17 heavy (non-hydrogen) atoms. The Labute approximate surface area is 97.6 Å². The molecule has 0 aromatic carbocycles. The summed E-state index contributed by atoms with van der Waals surface area (Å²) in [4.78, 5) is 10.4. The van der Waals surface area contributed by atoms with Crippen molar-refractivity contribution >= 4 is 5.97 Å². The zero-order chi connectivity index (χ0) is 13.1. The molecule has 1 fully saturated rings. The fourth-order valence-electron chi connectivity index (χ4n) is 2.39. The maximum atomic E-state index is 12.3. The molecule has 1 saturated carbocycles. The molecule has 6 heteroatoms. The third-order valence-corrected chi connectivity index (χ3v) is 3.44. The molecular weight excluding hydrogens is 237 g/mol. The van der Waals surface area contributed by atoms with E-state index in [1.54, 1.807) is 0 Å². The number of aliphatic hydroxyl groups excluding tert-OH is 1. The molecular formula is C11H17F3O3. The first kappa shape index (κ1) is 14.3. The molecule has 0 spiro atoms. The van der Waals surface area contributed by atoms with Crippen molar-refractivity contribution < 1.29 is 28.2 Å². The number of carbonyl (C=O) groups is 1. The van der Waals surface area contributed by atoms with Gasteiger partial charge in [-0.15, -0.1) is 0 Å². The normalized spacial score (nSPS) is 27.8. The van der Waals surface area contributed by atoms with Gasteiger partial charge in [0.1, 0.15) is 0 Å². The zero-order valence-corrected chi connectivity index (χ0v) is 9.41. The fraction of sp³-hybridized carbons (Fsp3) is 0.909. The molecule has 3 nitrogen and oxygen atoms in total. The maximum Gasteiger partial charge on any atom is 0.414 e. The molecule has 1 rings (SSSR count). The van der Waals surface area contributed by atoms with Gasteiger partial charge in [-0.1, -0.05) is 12.8 Å². The molecule has 1 unspecified atom stereocenters. The summed E-state index contributed by atoms with van der Waals surface area (Å²) in [6, 6.07) is 0. The fourth-order valence-corrected chi connectivity index (χ4v) is 2.39. The highest BCUT2D eigenvalue weighted by molar-refractivity contribution is 5.66. The topological polar surface area (TPSA) is 57.5 Å². The first-order valence-corrected chi connectivity index (χ1v) is 5.77. The van der Waals surface area contributed by atoms with Gasteiger partial charge in [0, 0.05) is 6.42 Å². The first-order valence-electron chi connectivity index (χ1n) is 5.77. The molecule has 100 valence electrons. The van der Waals surface area contributed by atoms with E-state index in [1.165, 1.54) is 0 Å². The second-order valence-corrected chi connectivity index (χ2v) is 4.70. The second kappa shape index (κ2) is 5.71. The number of aliphatic carboxylic acids is 1. The van der Waals surface area contributed by atoms with Crippen LogP contribution in [-0.2, 0) is 4.79 Å². The Bertz CT molecular complexity index is 257. The van der Waals surface area contributed by atoms with Gasteiger partial charge in [0.25, 0.3) is 0 Å². The molecule has 0 radical (unpaired) electrons. The van der Waals surface area contributed by atoms with Crippen LogP contribution in [0.3, 0.4) is 0 Å². The van der Waals surface area contributed by atoms with Gasteiger partial charge < -0.3 is 10.2 Å². The molecule has 1 aliphatic carbocycles. The number of rotatable bonds is 4. The summed E-state index contributed by atoms with van der Waals surface area (Å²) in [7, 11) is 0. The molecule has 0 saturated heterocycles. The van der Waals surface area contributed by atoms with Crippen molar-refractivity contribution in [2.75, 3.05) is 0 Å². The third kappa shape index (κ3) is 4.53. The summed E-state index contributed by atoms with van der Waals surface area (Å²) in [5.41, 5.74) is 0. The number of hydrogen-bond acceptors (Lipinski definition) is 2. The van der Waals surface area contributed by atoms with E-state index in [9.17, 15) is 18.0 Å². The summed E-state index contributed by atoms with van der Waals surface area (Å²) in [6.07, 6.45) is -4.39. The number of alkyl halides is 3. The lowest BCUT2D eigenvalue weighted by Gasteiger charge is -2.32. The minimum atomic E-state index is -4.54. The first-order chi connectivity index (χ1) is 7.80. The lowest BCUT2D eigenvalue weighted by Crippen LogP contribution is -2.37. The Kier molecular flexibility index (Phi) is 4.80. The highest BCUT2D eigenvalue weighted by Gasteiger charge is 2.44. The van der Waals surface area contributed by atoms with Crippen molar-refractivity contribution in [2.24, 2.45) is 11.8 Å². The molecule has 2 N–H and O–H groups in total. The Balaban J connectivity index is 2.33. The predicted molar refractivity (Wildman–Crippen MR) is 54.4 cm³/mol. The van der Waals surface area contributed by atoms with Crippen molar-refractivity contribution in [2.45, 2.75) is 50.8 Å². The van der Waals surface area contributed by atoms with Crippen LogP contribution in [0.5, 0.6) is 0 Å². The Morgan fingerprint density at radius 2 is 1.76 bits per heavy atom. The van der Waals surface area contributed by atoms with Gasteiger partial charge in [-0.2, -0.15) is 13.2 Å². The lowest BCUT2D eigenvalue weighted by molar-refractivity contribution is -0.222. The van der Waals surface area contributed by atoms with Crippen molar-refractivity contribution in [1.29, 1.82) is 0 Å². The summed E-state index contributed by atoms with van der Waals surface area (Å²) < 4.78 is 36.8. The molecule has 0 aromatic rings. The van der Waals surface area contributed by atoms with Gasteiger partial charge >= 0.3 is 12.1 Å².